The Labute approximate surface area is 176 Å². The molecule has 2 aromatic rings. The molecule has 0 aliphatic carbocycles. The highest BCUT2D eigenvalue weighted by Crippen LogP contribution is 2.52. The number of fused-ring (bicyclic) bond motifs is 1. The van der Waals surface area contributed by atoms with Crippen molar-refractivity contribution in [1.29, 1.82) is 0 Å². The van der Waals surface area contributed by atoms with Gasteiger partial charge in [0, 0.05) is 25.7 Å². The maximum Gasteiger partial charge on any atom is 0.230 e. The monoisotopic (exact) mass is 406 g/mol. The molecule has 30 heavy (non-hydrogen) atoms. The fourth-order valence-electron chi connectivity index (χ4n) is 5.16. The zero-order valence-corrected chi connectivity index (χ0v) is 17.5. The molecule has 6 heteroatoms. The lowest BCUT2D eigenvalue weighted by Crippen LogP contribution is -2.44. The fraction of sp³-hybridized carbons (Fsp3) is 0.417. The summed E-state index contributed by atoms with van der Waals surface area (Å²) in [7, 11) is 1.77. The summed E-state index contributed by atoms with van der Waals surface area (Å²) in [6.45, 7) is 5.60. The minimum Gasteiger partial charge on any atom is -0.472 e. The van der Waals surface area contributed by atoms with Crippen molar-refractivity contribution in [3.05, 3.63) is 71.2 Å². The molecule has 0 N–H and O–H groups in total. The molecule has 1 aromatic carbocycles. The van der Waals surface area contributed by atoms with Crippen LogP contribution in [-0.4, -0.2) is 46.9 Å². The highest BCUT2D eigenvalue weighted by Gasteiger charge is 2.67. The van der Waals surface area contributed by atoms with Crippen LogP contribution >= 0.6 is 0 Å². The third-order valence-electron chi connectivity index (χ3n) is 6.71. The van der Waals surface area contributed by atoms with E-state index in [4.69, 9.17) is 9.15 Å². The third kappa shape index (κ3) is 2.89. The maximum absolute atomic E-state index is 13.5. The summed E-state index contributed by atoms with van der Waals surface area (Å²) < 4.78 is 11.4. The van der Waals surface area contributed by atoms with Gasteiger partial charge in [0.15, 0.2) is 0 Å². The lowest BCUT2D eigenvalue weighted by Gasteiger charge is -2.27. The van der Waals surface area contributed by atoms with E-state index in [2.05, 4.69) is 32.0 Å². The zero-order valence-electron chi connectivity index (χ0n) is 17.5. The average Bonchev–Trinajstić information content (AvgIpc) is 3.47. The predicted molar refractivity (Wildman–Crippen MR) is 110 cm³/mol. The SMILES string of the molecule is Cc1ccc(C)c(CN2C[C@]34C=C[C@H](O3)[C@H](C(=O)N(C)Cc3ccoc3)[C@H]4C2=O)c1. The van der Waals surface area contributed by atoms with Crippen molar-refractivity contribution in [2.45, 2.75) is 38.6 Å². The standard InChI is InChI=1S/C24H26N2O4/c1-15-4-5-16(2)18(10-15)12-26-14-24-8-6-19(30-24)20(21(24)23(26)28)22(27)25(3)11-17-7-9-29-13-17/h4-10,13,19-21H,11-12,14H2,1-3H3/t19-,20-,21-,24-/m0/s1. The molecule has 2 bridgehead atoms. The van der Waals surface area contributed by atoms with Gasteiger partial charge < -0.3 is 19.0 Å². The molecule has 1 aromatic heterocycles. The van der Waals surface area contributed by atoms with Crippen molar-refractivity contribution in [2.24, 2.45) is 11.8 Å². The number of carbonyl (C=O) groups is 2. The van der Waals surface area contributed by atoms with Crippen molar-refractivity contribution >= 4 is 11.8 Å². The van der Waals surface area contributed by atoms with E-state index >= 15 is 0 Å². The van der Waals surface area contributed by atoms with Gasteiger partial charge >= 0.3 is 0 Å². The van der Waals surface area contributed by atoms with Gasteiger partial charge in [-0.2, -0.15) is 0 Å². The maximum atomic E-state index is 13.5. The van der Waals surface area contributed by atoms with E-state index in [-0.39, 0.29) is 17.9 Å². The van der Waals surface area contributed by atoms with Crippen molar-refractivity contribution < 1.29 is 18.7 Å². The van der Waals surface area contributed by atoms with E-state index in [0.717, 1.165) is 16.7 Å². The first-order valence-corrected chi connectivity index (χ1v) is 10.4. The highest BCUT2D eigenvalue weighted by molar-refractivity contribution is 5.93. The number of furan rings is 1. The van der Waals surface area contributed by atoms with Crippen LogP contribution in [-0.2, 0) is 27.4 Å². The molecular formula is C24H26N2O4. The summed E-state index contributed by atoms with van der Waals surface area (Å²) in [6.07, 6.45) is 6.86. The van der Waals surface area contributed by atoms with Crippen LogP contribution in [0.15, 0.2) is 53.4 Å². The Balaban J connectivity index is 1.38. The van der Waals surface area contributed by atoms with Gasteiger partial charge in [-0.05, 0) is 31.0 Å². The lowest BCUT2D eigenvalue weighted by molar-refractivity contribution is -0.142. The quantitative estimate of drug-likeness (QED) is 0.717. The Morgan fingerprint density at radius 1 is 1.30 bits per heavy atom. The number of ether oxygens (including phenoxy) is 1. The van der Waals surface area contributed by atoms with Crippen LogP contribution < -0.4 is 0 Å². The first-order valence-electron chi connectivity index (χ1n) is 10.4. The molecule has 1 spiro atoms. The van der Waals surface area contributed by atoms with Gasteiger partial charge in [0.1, 0.15) is 5.60 Å². The second-order valence-corrected chi connectivity index (χ2v) is 8.85. The molecule has 3 aliphatic heterocycles. The number of aryl methyl sites for hydroxylation is 2. The van der Waals surface area contributed by atoms with Crippen LogP contribution in [0.25, 0.3) is 0 Å². The van der Waals surface area contributed by atoms with Crippen LogP contribution in [0.1, 0.15) is 22.3 Å². The number of amides is 2. The van der Waals surface area contributed by atoms with Gasteiger partial charge in [-0.1, -0.05) is 35.9 Å². The second-order valence-electron chi connectivity index (χ2n) is 8.85. The first-order chi connectivity index (χ1) is 14.4. The molecule has 4 heterocycles. The van der Waals surface area contributed by atoms with E-state index in [0.29, 0.717) is 19.6 Å². The van der Waals surface area contributed by atoms with Crippen molar-refractivity contribution in [2.75, 3.05) is 13.6 Å². The smallest absolute Gasteiger partial charge is 0.230 e. The Morgan fingerprint density at radius 3 is 2.90 bits per heavy atom. The molecule has 0 radical (unpaired) electrons. The van der Waals surface area contributed by atoms with Crippen molar-refractivity contribution in [1.82, 2.24) is 9.80 Å². The molecule has 0 saturated carbocycles. The van der Waals surface area contributed by atoms with Gasteiger partial charge in [0.2, 0.25) is 11.8 Å². The highest BCUT2D eigenvalue weighted by atomic mass is 16.5. The summed E-state index contributed by atoms with van der Waals surface area (Å²) in [5.74, 6) is -0.989. The molecule has 2 amide bonds. The van der Waals surface area contributed by atoms with Crippen LogP contribution in [0.5, 0.6) is 0 Å². The van der Waals surface area contributed by atoms with E-state index in [1.807, 2.05) is 23.1 Å². The van der Waals surface area contributed by atoms with Crippen molar-refractivity contribution in [3.63, 3.8) is 0 Å². The Kier molecular flexibility index (Phi) is 4.36. The normalized spacial score (nSPS) is 29.0. The summed E-state index contributed by atoms with van der Waals surface area (Å²) in [6, 6.07) is 8.14. The van der Waals surface area contributed by atoms with Crippen LogP contribution in [0.3, 0.4) is 0 Å². The fourth-order valence-corrected chi connectivity index (χ4v) is 5.16. The Hall–Kier alpha value is -2.86. The first kappa shape index (κ1) is 19.1. The molecular weight excluding hydrogens is 380 g/mol. The molecule has 4 atom stereocenters. The van der Waals surface area contributed by atoms with Crippen molar-refractivity contribution in [3.8, 4) is 0 Å². The third-order valence-corrected chi connectivity index (χ3v) is 6.71. The van der Waals surface area contributed by atoms with E-state index < -0.39 is 17.4 Å². The molecule has 6 nitrogen and oxygen atoms in total. The Morgan fingerprint density at radius 2 is 2.13 bits per heavy atom. The van der Waals surface area contributed by atoms with Gasteiger partial charge in [0.25, 0.3) is 0 Å². The lowest BCUT2D eigenvalue weighted by atomic mass is 9.76. The predicted octanol–water partition coefficient (Wildman–Crippen LogP) is 2.84. The largest absolute Gasteiger partial charge is 0.472 e. The molecule has 5 rings (SSSR count). The second kappa shape index (κ2) is 6.84. The van der Waals surface area contributed by atoms with Crippen LogP contribution in [0, 0.1) is 25.7 Å². The molecule has 2 fully saturated rings. The number of rotatable bonds is 5. The summed E-state index contributed by atoms with van der Waals surface area (Å²) >= 11 is 0. The van der Waals surface area contributed by atoms with E-state index in [1.54, 1.807) is 24.5 Å². The minimum absolute atomic E-state index is 0.0119. The summed E-state index contributed by atoms with van der Waals surface area (Å²) in [5.41, 5.74) is 3.71. The number of hydrogen-bond acceptors (Lipinski definition) is 4. The summed E-state index contributed by atoms with van der Waals surface area (Å²) in [5, 5.41) is 0. The number of hydrogen-bond donors (Lipinski definition) is 0. The van der Waals surface area contributed by atoms with Gasteiger partial charge in [-0.3, -0.25) is 9.59 Å². The molecule has 0 unspecified atom stereocenters. The zero-order chi connectivity index (χ0) is 21.0. The molecule has 2 saturated heterocycles. The van der Waals surface area contributed by atoms with E-state index in [9.17, 15) is 9.59 Å². The van der Waals surface area contributed by atoms with Crippen LogP contribution in [0.2, 0.25) is 0 Å². The average molecular weight is 406 g/mol. The number of nitrogens with zero attached hydrogens (tertiary/aromatic N) is 2. The van der Waals surface area contributed by atoms with Gasteiger partial charge in [-0.15, -0.1) is 0 Å². The number of benzene rings is 1. The van der Waals surface area contributed by atoms with Gasteiger partial charge in [-0.25, -0.2) is 0 Å². The molecule has 156 valence electrons. The van der Waals surface area contributed by atoms with Gasteiger partial charge in [0.05, 0.1) is 37.0 Å². The number of carbonyl (C=O) groups excluding carboxylic acids is 2. The Bertz CT molecular complexity index is 1030. The molecule has 3 aliphatic rings. The topological polar surface area (TPSA) is 63.0 Å². The van der Waals surface area contributed by atoms with E-state index in [1.165, 1.54) is 5.56 Å². The minimum atomic E-state index is -0.684. The summed E-state index contributed by atoms with van der Waals surface area (Å²) in [4.78, 5) is 30.3. The van der Waals surface area contributed by atoms with Crippen LogP contribution in [0.4, 0.5) is 0 Å². The number of likely N-dealkylation sites (tertiary alicyclic amines) is 1.